The average molecular weight is 329 g/mol. The van der Waals surface area contributed by atoms with Gasteiger partial charge in [0.15, 0.2) is 0 Å². The molecule has 4 aromatic rings. The van der Waals surface area contributed by atoms with Crippen molar-refractivity contribution in [2.75, 3.05) is 0 Å². The molecule has 0 radical (unpaired) electrons. The van der Waals surface area contributed by atoms with E-state index in [1.165, 1.54) is 6.07 Å². The highest BCUT2D eigenvalue weighted by molar-refractivity contribution is 5.89. The topological polar surface area (TPSA) is 30.7 Å². The third kappa shape index (κ3) is 3.33. The molecule has 0 unspecified atom stereocenters. The van der Waals surface area contributed by atoms with E-state index in [2.05, 4.69) is 4.98 Å². The lowest BCUT2D eigenvalue weighted by Crippen LogP contribution is -2.02. The molecule has 0 amide bonds. The molecule has 0 aliphatic carbocycles. The van der Waals surface area contributed by atoms with E-state index in [-0.39, 0.29) is 5.82 Å². The van der Waals surface area contributed by atoms with Crippen LogP contribution < -0.4 is 0 Å². The largest absolute Gasteiger partial charge is 0.260 e. The van der Waals surface area contributed by atoms with E-state index in [0.29, 0.717) is 6.54 Å². The summed E-state index contributed by atoms with van der Waals surface area (Å²) in [5.41, 5.74) is 3.66. The van der Waals surface area contributed by atoms with Gasteiger partial charge < -0.3 is 0 Å². The number of pyridine rings is 1. The number of benzene rings is 2. The van der Waals surface area contributed by atoms with Gasteiger partial charge >= 0.3 is 0 Å². The molecule has 122 valence electrons. The second-order valence-electron chi connectivity index (χ2n) is 5.78. The summed E-state index contributed by atoms with van der Waals surface area (Å²) in [5, 5.41) is 5.77. The van der Waals surface area contributed by atoms with E-state index in [0.717, 1.165) is 27.9 Å². The zero-order chi connectivity index (χ0) is 17.1. The molecular weight excluding hydrogens is 313 g/mol. The predicted molar refractivity (Wildman–Crippen MR) is 98.4 cm³/mol. The minimum Gasteiger partial charge on any atom is -0.260 e. The van der Waals surface area contributed by atoms with Crippen LogP contribution in [-0.4, -0.2) is 14.8 Å². The maximum absolute atomic E-state index is 13.4. The first-order valence-electron chi connectivity index (χ1n) is 8.09. The lowest BCUT2D eigenvalue weighted by atomic mass is 10.2. The second-order valence-corrected chi connectivity index (χ2v) is 5.78. The van der Waals surface area contributed by atoms with Crippen molar-refractivity contribution < 1.29 is 4.39 Å². The Bertz CT molecular complexity index is 1040. The second kappa shape index (κ2) is 6.69. The average Bonchev–Trinajstić information content (AvgIpc) is 2.99. The van der Waals surface area contributed by atoms with E-state index in [4.69, 9.17) is 5.10 Å². The number of para-hydroxylation sites is 1. The Kier molecular flexibility index (Phi) is 4.09. The summed E-state index contributed by atoms with van der Waals surface area (Å²) in [7, 11) is 0. The van der Waals surface area contributed by atoms with Gasteiger partial charge in [-0.25, -0.2) is 4.39 Å². The van der Waals surface area contributed by atoms with Gasteiger partial charge in [0.25, 0.3) is 0 Å². The fraction of sp³-hybridized carbons (Fsp3) is 0.0476. The molecule has 0 atom stereocenters. The molecule has 0 fully saturated rings. The first-order chi connectivity index (χ1) is 12.3. The molecule has 0 saturated carbocycles. The minimum atomic E-state index is -0.232. The fourth-order valence-corrected chi connectivity index (χ4v) is 2.84. The van der Waals surface area contributed by atoms with Gasteiger partial charge in [-0.05, 0) is 48.0 Å². The summed E-state index contributed by atoms with van der Waals surface area (Å²) in [5.74, 6) is -0.232. The third-order valence-electron chi connectivity index (χ3n) is 4.01. The summed E-state index contributed by atoms with van der Waals surface area (Å²) in [6.45, 7) is 0.524. The molecule has 0 spiro atoms. The summed E-state index contributed by atoms with van der Waals surface area (Å²) < 4.78 is 15.4. The predicted octanol–water partition coefficient (Wildman–Crippen LogP) is 4.79. The van der Waals surface area contributed by atoms with Crippen LogP contribution in [0.25, 0.3) is 23.1 Å². The maximum atomic E-state index is 13.4. The molecular formula is C21H16FN3. The van der Waals surface area contributed by atoms with Crippen molar-refractivity contribution >= 4 is 23.1 Å². The van der Waals surface area contributed by atoms with Gasteiger partial charge in [0.05, 0.1) is 23.4 Å². The Morgan fingerprint density at radius 2 is 1.80 bits per heavy atom. The molecule has 0 saturated heterocycles. The molecule has 4 rings (SSSR count). The van der Waals surface area contributed by atoms with Crippen LogP contribution in [0.15, 0.2) is 72.9 Å². The molecule has 25 heavy (non-hydrogen) atoms. The van der Waals surface area contributed by atoms with Crippen molar-refractivity contribution in [3.63, 3.8) is 0 Å². The SMILES string of the molecule is Fc1cccc(Cn2nc(C=Cc3ccccn3)c3ccccc32)c1. The molecule has 4 heteroatoms. The Morgan fingerprint density at radius 1 is 0.920 bits per heavy atom. The number of aromatic nitrogens is 3. The van der Waals surface area contributed by atoms with Gasteiger partial charge in [-0.1, -0.05) is 36.4 Å². The molecule has 0 N–H and O–H groups in total. The lowest BCUT2D eigenvalue weighted by Gasteiger charge is -2.03. The van der Waals surface area contributed by atoms with Crippen LogP contribution in [0.5, 0.6) is 0 Å². The monoisotopic (exact) mass is 329 g/mol. The highest BCUT2D eigenvalue weighted by Crippen LogP contribution is 2.21. The smallest absolute Gasteiger partial charge is 0.123 e. The summed E-state index contributed by atoms with van der Waals surface area (Å²) in [6.07, 6.45) is 5.67. The van der Waals surface area contributed by atoms with Crippen LogP contribution in [0.3, 0.4) is 0 Å². The quantitative estimate of drug-likeness (QED) is 0.539. The Morgan fingerprint density at radius 3 is 2.64 bits per heavy atom. The van der Waals surface area contributed by atoms with Gasteiger partial charge in [-0.3, -0.25) is 9.67 Å². The normalized spacial score (nSPS) is 11.4. The number of nitrogens with zero attached hydrogens (tertiary/aromatic N) is 3. The Hall–Kier alpha value is -3.27. The summed E-state index contributed by atoms with van der Waals surface area (Å²) in [4.78, 5) is 4.30. The third-order valence-corrected chi connectivity index (χ3v) is 4.01. The van der Waals surface area contributed by atoms with Crippen molar-refractivity contribution in [1.29, 1.82) is 0 Å². The minimum absolute atomic E-state index is 0.232. The van der Waals surface area contributed by atoms with Gasteiger partial charge in [0.1, 0.15) is 5.82 Å². The van der Waals surface area contributed by atoms with Gasteiger partial charge in [-0.2, -0.15) is 5.10 Å². The Labute approximate surface area is 145 Å². The van der Waals surface area contributed by atoms with Crippen LogP contribution in [0, 0.1) is 5.82 Å². The van der Waals surface area contributed by atoms with Crippen LogP contribution in [-0.2, 0) is 6.54 Å². The van der Waals surface area contributed by atoms with Crippen LogP contribution in [0.1, 0.15) is 17.0 Å². The standard InChI is InChI=1S/C21H16FN3/c22-17-7-5-6-16(14-17)15-25-21-10-2-1-9-19(21)20(24-25)12-11-18-8-3-4-13-23-18/h1-14H,15H2. The van der Waals surface area contributed by atoms with Crippen molar-refractivity contribution in [2.24, 2.45) is 0 Å². The number of hydrogen-bond donors (Lipinski definition) is 0. The molecule has 0 aliphatic heterocycles. The zero-order valence-electron chi connectivity index (χ0n) is 13.5. The van der Waals surface area contributed by atoms with Crippen LogP contribution in [0.2, 0.25) is 0 Å². The molecule has 3 nitrogen and oxygen atoms in total. The highest BCUT2D eigenvalue weighted by Gasteiger charge is 2.08. The van der Waals surface area contributed by atoms with Crippen molar-refractivity contribution in [3.05, 3.63) is 95.7 Å². The van der Waals surface area contributed by atoms with Crippen molar-refractivity contribution in [1.82, 2.24) is 14.8 Å². The first-order valence-corrected chi connectivity index (χ1v) is 8.09. The van der Waals surface area contributed by atoms with Crippen LogP contribution in [0.4, 0.5) is 4.39 Å². The molecule has 0 aliphatic rings. The van der Waals surface area contributed by atoms with Crippen molar-refractivity contribution in [2.45, 2.75) is 6.54 Å². The van der Waals surface area contributed by atoms with Gasteiger partial charge in [-0.15, -0.1) is 0 Å². The van der Waals surface area contributed by atoms with Crippen LogP contribution >= 0.6 is 0 Å². The first kappa shape index (κ1) is 15.3. The van der Waals surface area contributed by atoms with E-state index in [1.54, 1.807) is 18.3 Å². The number of rotatable bonds is 4. The summed E-state index contributed by atoms with van der Waals surface area (Å²) in [6, 6.07) is 20.5. The maximum Gasteiger partial charge on any atom is 0.123 e. The molecule has 0 bridgehead atoms. The highest BCUT2D eigenvalue weighted by atomic mass is 19.1. The number of fused-ring (bicyclic) bond motifs is 1. The van der Waals surface area contributed by atoms with Crippen molar-refractivity contribution in [3.8, 4) is 0 Å². The van der Waals surface area contributed by atoms with E-state index < -0.39 is 0 Å². The van der Waals surface area contributed by atoms with E-state index >= 15 is 0 Å². The Balaban J connectivity index is 1.72. The zero-order valence-corrected chi connectivity index (χ0v) is 13.5. The molecule has 2 aromatic heterocycles. The summed E-state index contributed by atoms with van der Waals surface area (Å²) >= 11 is 0. The molecule has 2 aromatic carbocycles. The fourth-order valence-electron chi connectivity index (χ4n) is 2.84. The molecule has 2 heterocycles. The van der Waals surface area contributed by atoms with E-state index in [9.17, 15) is 4.39 Å². The number of hydrogen-bond acceptors (Lipinski definition) is 2. The van der Waals surface area contributed by atoms with Gasteiger partial charge in [0.2, 0.25) is 0 Å². The lowest BCUT2D eigenvalue weighted by molar-refractivity contribution is 0.621. The van der Waals surface area contributed by atoms with E-state index in [1.807, 2.05) is 65.4 Å². The van der Waals surface area contributed by atoms with Gasteiger partial charge in [0, 0.05) is 11.6 Å². The number of halogens is 1.